The van der Waals surface area contributed by atoms with Crippen molar-refractivity contribution in [2.24, 2.45) is 10.7 Å². The molecule has 86 valence electrons. The Morgan fingerprint density at radius 3 is 2.81 bits per heavy atom. The van der Waals surface area contributed by atoms with Gasteiger partial charge in [0.15, 0.2) is 5.90 Å². The van der Waals surface area contributed by atoms with Gasteiger partial charge in [0.1, 0.15) is 18.5 Å². The fourth-order valence-electron chi connectivity index (χ4n) is 1.67. The molecular weight excluding hydrogens is 207 g/mol. The monoisotopic (exact) mass is 222 g/mol. The van der Waals surface area contributed by atoms with E-state index in [-0.39, 0.29) is 17.9 Å². The van der Waals surface area contributed by atoms with Gasteiger partial charge in [0.25, 0.3) is 0 Å². The van der Waals surface area contributed by atoms with Gasteiger partial charge in [-0.25, -0.2) is 9.38 Å². The summed E-state index contributed by atoms with van der Waals surface area (Å²) in [5.74, 6) is 0.465. The van der Waals surface area contributed by atoms with Gasteiger partial charge in [-0.1, -0.05) is 12.1 Å². The largest absolute Gasteiger partial charge is 0.478 e. The smallest absolute Gasteiger partial charge is 0.185 e. The molecule has 0 bridgehead atoms. The molecule has 0 aromatic heterocycles. The summed E-state index contributed by atoms with van der Waals surface area (Å²) in [6.45, 7) is 2.44. The molecule has 16 heavy (non-hydrogen) atoms. The van der Waals surface area contributed by atoms with Gasteiger partial charge in [-0.3, -0.25) is 0 Å². The van der Waals surface area contributed by atoms with Crippen molar-refractivity contribution >= 4 is 5.90 Å². The van der Waals surface area contributed by atoms with E-state index in [9.17, 15) is 4.39 Å². The zero-order chi connectivity index (χ0) is 11.5. The topological polar surface area (TPSA) is 47.6 Å². The van der Waals surface area contributed by atoms with Gasteiger partial charge < -0.3 is 10.5 Å². The van der Waals surface area contributed by atoms with E-state index in [4.69, 9.17) is 10.5 Å². The number of nitrogens with zero attached hydrogens (tertiary/aromatic N) is 1. The van der Waals surface area contributed by atoms with Crippen molar-refractivity contribution in [2.75, 3.05) is 6.61 Å². The van der Waals surface area contributed by atoms with Gasteiger partial charge in [0.2, 0.25) is 0 Å². The maximum Gasteiger partial charge on any atom is 0.185 e. The Morgan fingerprint density at radius 2 is 2.19 bits per heavy atom. The van der Waals surface area contributed by atoms with Crippen LogP contribution in [0.15, 0.2) is 29.3 Å². The number of halogens is 1. The van der Waals surface area contributed by atoms with E-state index in [1.807, 2.05) is 6.92 Å². The molecule has 0 saturated heterocycles. The summed E-state index contributed by atoms with van der Waals surface area (Å²) in [6, 6.07) is 6.38. The Labute approximate surface area is 94.1 Å². The molecule has 0 amide bonds. The highest BCUT2D eigenvalue weighted by Gasteiger charge is 2.20. The van der Waals surface area contributed by atoms with Crippen LogP contribution in [0.3, 0.4) is 0 Å². The number of ether oxygens (including phenoxy) is 1. The molecule has 1 aliphatic heterocycles. The zero-order valence-electron chi connectivity index (χ0n) is 9.19. The van der Waals surface area contributed by atoms with Gasteiger partial charge in [-0.05, 0) is 24.6 Å². The van der Waals surface area contributed by atoms with Crippen LogP contribution in [0.5, 0.6) is 0 Å². The number of rotatable bonds is 3. The minimum atomic E-state index is -0.234. The number of aliphatic imine (C=N–C) groups is 1. The first-order chi connectivity index (χ1) is 7.65. The molecule has 0 aliphatic carbocycles. The third-order valence-corrected chi connectivity index (χ3v) is 2.46. The minimum Gasteiger partial charge on any atom is -0.478 e. The van der Waals surface area contributed by atoms with Gasteiger partial charge in [0, 0.05) is 12.5 Å². The lowest BCUT2D eigenvalue weighted by Crippen LogP contribution is -2.19. The van der Waals surface area contributed by atoms with Crippen LogP contribution < -0.4 is 5.73 Å². The summed E-state index contributed by atoms with van der Waals surface area (Å²) in [5.41, 5.74) is 6.64. The molecule has 1 aromatic rings. The van der Waals surface area contributed by atoms with Crippen LogP contribution in [-0.4, -0.2) is 18.5 Å². The number of hydrogen-bond acceptors (Lipinski definition) is 3. The summed E-state index contributed by atoms with van der Waals surface area (Å²) in [7, 11) is 0. The summed E-state index contributed by atoms with van der Waals surface area (Å²) in [5, 5.41) is 0. The van der Waals surface area contributed by atoms with Crippen LogP contribution in [0.2, 0.25) is 0 Å². The Hall–Kier alpha value is -1.42. The molecule has 3 nitrogen and oxygen atoms in total. The van der Waals surface area contributed by atoms with E-state index in [1.165, 1.54) is 12.1 Å². The third-order valence-electron chi connectivity index (χ3n) is 2.46. The summed E-state index contributed by atoms with van der Waals surface area (Å²) in [6.07, 6.45) is 0.650. The lowest BCUT2D eigenvalue weighted by molar-refractivity contribution is 0.309. The van der Waals surface area contributed by atoms with Crippen LogP contribution in [-0.2, 0) is 4.74 Å². The molecule has 1 aromatic carbocycles. The molecule has 4 heteroatoms. The standard InChI is InChI=1S/C12H15FN2O/c1-8(14)6-12-15-11(7-16-12)9-2-4-10(13)5-3-9/h2-5,8,11H,6-7,14H2,1H3. The van der Waals surface area contributed by atoms with Crippen molar-refractivity contribution in [1.29, 1.82) is 0 Å². The van der Waals surface area contributed by atoms with Crippen molar-refractivity contribution in [2.45, 2.75) is 25.4 Å². The highest BCUT2D eigenvalue weighted by molar-refractivity contribution is 5.78. The number of hydrogen-bond donors (Lipinski definition) is 1. The summed E-state index contributed by atoms with van der Waals surface area (Å²) < 4.78 is 18.2. The van der Waals surface area contributed by atoms with Gasteiger partial charge in [0.05, 0.1) is 0 Å². The second-order valence-electron chi connectivity index (χ2n) is 4.08. The summed E-state index contributed by atoms with van der Waals surface area (Å²) >= 11 is 0. The first-order valence-corrected chi connectivity index (χ1v) is 5.35. The van der Waals surface area contributed by atoms with Crippen molar-refractivity contribution in [1.82, 2.24) is 0 Å². The van der Waals surface area contributed by atoms with E-state index in [2.05, 4.69) is 4.99 Å². The van der Waals surface area contributed by atoms with E-state index >= 15 is 0 Å². The Balaban J connectivity index is 2.07. The highest BCUT2D eigenvalue weighted by Crippen LogP contribution is 2.24. The van der Waals surface area contributed by atoms with Crippen LogP contribution in [0.25, 0.3) is 0 Å². The molecule has 0 radical (unpaired) electrons. The SMILES string of the molecule is CC(N)CC1=NC(c2ccc(F)cc2)CO1. The lowest BCUT2D eigenvalue weighted by Gasteiger charge is -2.04. The second kappa shape index (κ2) is 4.61. The fourth-order valence-corrected chi connectivity index (χ4v) is 1.67. The average molecular weight is 222 g/mol. The van der Waals surface area contributed by atoms with Gasteiger partial charge in [-0.2, -0.15) is 0 Å². The van der Waals surface area contributed by atoms with Crippen LogP contribution >= 0.6 is 0 Å². The van der Waals surface area contributed by atoms with Crippen LogP contribution in [0.4, 0.5) is 4.39 Å². The predicted molar refractivity (Wildman–Crippen MR) is 60.8 cm³/mol. The molecule has 2 atom stereocenters. The minimum absolute atomic E-state index is 0.0191. The van der Waals surface area contributed by atoms with Gasteiger partial charge in [-0.15, -0.1) is 0 Å². The van der Waals surface area contributed by atoms with Crippen LogP contribution in [0.1, 0.15) is 24.9 Å². The average Bonchev–Trinajstić information content (AvgIpc) is 2.66. The number of benzene rings is 1. The van der Waals surface area contributed by atoms with E-state index < -0.39 is 0 Å². The maximum absolute atomic E-state index is 12.7. The van der Waals surface area contributed by atoms with Crippen molar-refractivity contribution in [3.05, 3.63) is 35.6 Å². The van der Waals surface area contributed by atoms with E-state index in [0.29, 0.717) is 18.9 Å². The maximum atomic E-state index is 12.7. The molecule has 2 rings (SSSR count). The number of nitrogens with two attached hydrogens (primary N) is 1. The first kappa shape index (κ1) is 11.1. The zero-order valence-corrected chi connectivity index (χ0v) is 9.19. The Morgan fingerprint density at radius 1 is 1.50 bits per heavy atom. The van der Waals surface area contributed by atoms with Crippen molar-refractivity contribution < 1.29 is 9.13 Å². The first-order valence-electron chi connectivity index (χ1n) is 5.35. The molecular formula is C12H15FN2O. The quantitative estimate of drug-likeness (QED) is 0.850. The fraction of sp³-hybridized carbons (Fsp3) is 0.417. The van der Waals surface area contributed by atoms with Gasteiger partial charge >= 0.3 is 0 Å². The molecule has 2 N–H and O–H groups in total. The molecule has 0 spiro atoms. The third kappa shape index (κ3) is 2.58. The molecule has 1 aliphatic rings. The molecule has 0 saturated carbocycles. The molecule has 0 fully saturated rings. The van der Waals surface area contributed by atoms with E-state index in [0.717, 1.165) is 5.56 Å². The molecule has 2 unspecified atom stereocenters. The predicted octanol–water partition coefficient (Wildman–Crippen LogP) is 2.03. The highest BCUT2D eigenvalue weighted by atomic mass is 19.1. The summed E-state index contributed by atoms with van der Waals surface area (Å²) in [4.78, 5) is 4.42. The van der Waals surface area contributed by atoms with E-state index in [1.54, 1.807) is 12.1 Å². The molecule has 1 heterocycles. The van der Waals surface area contributed by atoms with Crippen molar-refractivity contribution in [3.63, 3.8) is 0 Å². The Kier molecular flexibility index (Phi) is 3.19. The van der Waals surface area contributed by atoms with Crippen molar-refractivity contribution in [3.8, 4) is 0 Å². The van der Waals surface area contributed by atoms with Crippen LogP contribution in [0, 0.1) is 5.82 Å². The lowest BCUT2D eigenvalue weighted by atomic mass is 10.1. The normalized spacial score (nSPS) is 21.4. The second-order valence-corrected chi connectivity index (χ2v) is 4.08. The Bertz CT molecular complexity index is 387.